The van der Waals surface area contributed by atoms with Gasteiger partial charge in [0.25, 0.3) is 0 Å². The van der Waals surface area contributed by atoms with E-state index in [9.17, 15) is 4.79 Å². The molecule has 1 fully saturated rings. The fraction of sp³-hybridized carbons (Fsp3) is 0.417. The molecule has 1 aromatic heterocycles. The predicted octanol–water partition coefficient (Wildman–Crippen LogP) is 4.21. The van der Waals surface area contributed by atoms with Gasteiger partial charge < -0.3 is 14.6 Å². The van der Waals surface area contributed by atoms with Crippen LogP contribution in [-0.4, -0.2) is 58.5 Å². The first-order valence-electron chi connectivity index (χ1n) is 10.9. The van der Waals surface area contributed by atoms with E-state index >= 15 is 0 Å². The number of aromatic nitrogens is 2. The topological polar surface area (TPSA) is 59.4 Å². The molecule has 2 atom stereocenters. The van der Waals surface area contributed by atoms with Crippen LogP contribution in [0.1, 0.15) is 18.9 Å². The number of hydrogen-bond acceptors (Lipinski definition) is 5. The number of thioether (sulfide) groups is 1. The van der Waals surface area contributed by atoms with Crippen LogP contribution < -0.4 is 5.32 Å². The third-order valence-electron chi connectivity index (χ3n) is 5.71. The first kappa shape index (κ1) is 23.1. The molecule has 8 heteroatoms. The first-order valence-corrected chi connectivity index (χ1v) is 12.2. The van der Waals surface area contributed by atoms with Crippen molar-refractivity contribution in [2.45, 2.75) is 42.9 Å². The molecule has 32 heavy (non-hydrogen) atoms. The molecule has 2 unspecified atom stereocenters. The van der Waals surface area contributed by atoms with Crippen molar-refractivity contribution in [1.29, 1.82) is 0 Å². The minimum atomic E-state index is -0.258. The monoisotopic (exact) mass is 472 g/mol. The van der Waals surface area contributed by atoms with Crippen LogP contribution in [0.15, 0.2) is 53.7 Å². The van der Waals surface area contributed by atoms with E-state index in [0.29, 0.717) is 18.2 Å². The Morgan fingerprint density at radius 1 is 1.31 bits per heavy atom. The SMILES string of the molecule is COCCn1c(SC(C)C(=O)NC2CCN(Cc3ccccc3)C2)nc2cc(Cl)ccc21. The zero-order chi connectivity index (χ0) is 22.5. The van der Waals surface area contributed by atoms with Crippen LogP contribution in [0.25, 0.3) is 11.0 Å². The molecule has 2 heterocycles. The van der Waals surface area contributed by atoms with Crippen molar-refractivity contribution in [1.82, 2.24) is 19.8 Å². The third kappa shape index (κ3) is 5.64. The van der Waals surface area contributed by atoms with Crippen molar-refractivity contribution in [2.75, 3.05) is 26.8 Å². The molecular formula is C24H29ClN4O2S. The number of benzene rings is 2. The summed E-state index contributed by atoms with van der Waals surface area (Å²) in [6.45, 7) is 5.97. The number of carbonyl (C=O) groups is 1. The lowest BCUT2D eigenvalue weighted by Gasteiger charge is -2.18. The van der Waals surface area contributed by atoms with E-state index in [-0.39, 0.29) is 17.2 Å². The number of fused-ring (bicyclic) bond motifs is 1. The maximum absolute atomic E-state index is 12.9. The quantitative estimate of drug-likeness (QED) is 0.473. The van der Waals surface area contributed by atoms with Crippen molar-refractivity contribution in [3.05, 3.63) is 59.1 Å². The highest BCUT2D eigenvalue weighted by Gasteiger charge is 2.27. The molecule has 2 aromatic carbocycles. The van der Waals surface area contributed by atoms with Gasteiger partial charge in [-0.3, -0.25) is 9.69 Å². The highest BCUT2D eigenvalue weighted by Crippen LogP contribution is 2.29. The number of halogens is 1. The summed E-state index contributed by atoms with van der Waals surface area (Å²) in [6, 6.07) is 16.3. The minimum absolute atomic E-state index is 0.0462. The fourth-order valence-electron chi connectivity index (χ4n) is 4.04. The van der Waals surface area contributed by atoms with Gasteiger partial charge in [0, 0.05) is 44.4 Å². The van der Waals surface area contributed by atoms with Crippen LogP contribution in [0.5, 0.6) is 0 Å². The number of amides is 1. The van der Waals surface area contributed by atoms with E-state index in [1.165, 1.54) is 17.3 Å². The van der Waals surface area contributed by atoms with E-state index in [4.69, 9.17) is 21.3 Å². The van der Waals surface area contributed by atoms with E-state index in [1.54, 1.807) is 7.11 Å². The van der Waals surface area contributed by atoms with E-state index in [1.807, 2.05) is 31.2 Å². The van der Waals surface area contributed by atoms with Gasteiger partial charge >= 0.3 is 0 Å². The highest BCUT2D eigenvalue weighted by molar-refractivity contribution is 8.00. The molecule has 1 aliphatic rings. The summed E-state index contributed by atoms with van der Waals surface area (Å²) < 4.78 is 7.37. The molecule has 0 radical (unpaired) electrons. The lowest BCUT2D eigenvalue weighted by molar-refractivity contribution is -0.120. The van der Waals surface area contributed by atoms with Gasteiger partial charge in [-0.05, 0) is 37.1 Å². The second-order valence-corrected chi connectivity index (χ2v) is 9.89. The fourth-order valence-corrected chi connectivity index (χ4v) is 5.16. The molecule has 4 rings (SSSR count). The molecule has 1 N–H and O–H groups in total. The van der Waals surface area contributed by atoms with Crippen molar-refractivity contribution in [3.8, 4) is 0 Å². The normalized spacial score (nSPS) is 17.7. The van der Waals surface area contributed by atoms with Gasteiger partial charge in [-0.15, -0.1) is 0 Å². The van der Waals surface area contributed by atoms with Crippen molar-refractivity contribution in [3.63, 3.8) is 0 Å². The first-order chi connectivity index (χ1) is 15.5. The number of ether oxygens (including phenoxy) is 1. The Morgan fingerprint density at radius 2 is 2.12 bits per heavy atom. The number of carbonyl (C=O) groups excluding carboxylic acids is 1. The number of nitrogens with one attached hydrogen (secondary N) is 1. The van der Waals surface area contributed by atoms with Crippen LogP contribution in [-0.2, 0) is 22.6 Å². The average molecular weight is 473 g/mol. The molecule has 1 saturated heterocycles. The molecule has 170 valence electrons. The Labute approximate surface area is 198 Å². The van der Waals surface area contributed by atoms with Crippen LogP contribution in [0.2, 0.25) is 5.02 Å². The Balaban J connectivity index is 1.37. The van der Waals surface area contributed by atoms with E-state index in [0.717, 1.165) is 42.2 Å². The summed E-state index contributed by atoms with van der Waals surface area (Å²) in [4.78, 5) is 20.1. The van der Waals surface area contributed by atoms with Gasteiger partial charge in [-0.1, -0.05) is 53.7 Å². The number of rotatable bonds is 9. The standard InChI is InChI=1S/C24H29ClN4O2S/c1-17(23(30)26-20-10-11-28(16-20)15-18-6-4-3-5-7-18)32-24-27-21-14-19(25)8-9-22(21)29(24)12-13-31-2/h3-9,14,17,20H,10-13,15-16H2,1-2H3,(H,26,30). The summed E-state index contributed by atoms with van der Waals surface area (Å²) >= 11 is 7.62. The zero-order valence-electron chi connectivity index (χ0n) is 18.5. The minimum Gasteiger partial charge on any atom is -0.383 e. The van der Waals surface area contributed by atoms with Crippen molar-refractivity contribution >= 4 is 40.3 Å². The van der Waals surface area contributed by atoms with Crippen LogP contribution in [0.4, 0.5) is 0 Å². The molecule has 1 aliphatic heterocycles. The number of likely N-dealkylation sites (tertiary alicyclic amines) is 1. The second kappa shape index (κ2) is 10.7. The molecule has 3 aromatic rings. The average Bonchev–Trinajstić information content (AvgIpc) is 3.36. The molecule has 1 amide bonds. The van der Waals surface area contributed by atoms with Crippen LogP contribution >= 0.6 is 23.4 Å². The smallest absolute Gasteiger partial charge is 0.233 e. The number of methoxy groups -OCH3 is 1. The van der Waals surface area contributed by atoms with Gasteiger partial charge in [0.05, 0.1) is 22.9 Å². The maximum atomic E-state index is 12.9. The second-order valence-electron chi connectivity index (χ2n) is 8.15. The lowest BCUT2D eigenvalue weighted by Crippen LogP contribution is -2.40. The van der Waals surface area contributed by atoms with Gasteiger partial charge in [0.1, 0.15) is 0 Å². The predicted molar refractivity (Wildman–Crippen MR) is 130 cm³/mol. The van der Waals surface area contributed by atoms with Gasteiger partial charge in [-0.25, -0.2) is 4.98 Å². The maximum Gasteiger partial charge on any atom is 0.233 e. The summed E-state index contributed by atoms with van der Waals surface area (Å²) in [5.41, 5.74) is 3.13. The van der Waals surface area contributed by atoms with Crippen molar-refractivity contribution in [2.24, 2.45) is 0 Å². The van der Waals surface area contributed by atoms with Crippen molar-refractivity contribution < 1.29 is 9.53 Å². The summed E-state index contributed by atoms with van der Waals surface area (Å²) in [5.74, 6) is 0.0462. The Kier molecular flexibility index (Phi) is 7.73. The molecule has 6 nitrogen and oxygen atoms in total. The van der Waals surface area contributed by atoms with E-state index < -0.39 is 0 Å². The molecule has 0 spiro atoms. The Bertz CT molecular complexity index is 1060. The highest BCUT2D eigenvalue weighted by atomic mass is 35.5. The molecule has 0 aliphatic carbocycles. The molecule has 0 bridgehead atoms. The van der Waals surface area contributed by atoms with Crippen LogP contribution in [0.3, 0.4) is 0 Å². The van der Waals surface area contributed by atoms with Crippen LogP contribution in [0, 0.1) is 0 Å². The van der Waals surface area contributed by atoms with Gasteiger partial charge in [0.2, 0.25) is 5.91 Å². The van der Waals surface area contributed by atoms with E-state index in [2.05, 4.69) is 39.0 Å². The summed E-state index contributed by atoms with van der Waals surface area (Å²) in [5, 5.41) is 4.43. The zero-order valence-corrected chi connectivity index (χ0v) is 20.0. The van der Waals surface area contributed by atoms with Gasteiger partial charge in [-0.2, -0.15) is 0 Å². The summed E-state index contributed by atoms with van der Waals surface area (Å²) in [6.07, 6.45) is 0.973. The molecular weight excluding hydrogens is 444 g/mol. The summed E-state index contributed by atoms with van der Waals surface area (Å²) in [7, 11) is 1.68. The van der Waals surface area contributed by atoms with Gasteiger partial charge in [0.15, 0.2) is 5.16 Å². The number of hydrogen-bond donors (Lipinski definition) is 1. The molecule has 0 saturated carbocycles. The Morgan fingerprint density at radius 3 is 2.91 bits per heavy atom. The Hall–Kier alpha value is -2.06. The largest absolute Gasteiger partial charge is 0.383 e. The lowest BCUT2D eigenvalue weighted by atomic mass is 10.2. The number of imidazole rings is 1. The third-order valence-corrected chi connectivity index (χ3v) is 7.04. The number of nitrogens with zero attached hydrogens (tertiary/aromatic N) is 3.